The van der Waals surface area contributed by atoms with E-state index in [0.717, 1.165) is 38.8 Å². The van der Waals surface area contributed by atoms with Crippen molar-refractivity contribution in [2.75, 3.05) is 13.1 Å². The molecule has 2 atom stereocenters. The van der Waals surface area contributed by atoms with E-state index in [-0.39, 0.29) is 17.9 Å². The van der Waals surface area contributed by atoms with Crippen molar-refractivity contribution in [2.45, 2.75) is 38.6 Å². The van der Waals surface area contributed by atoms with E-state index >= 15 is 0 Å². The molecule has 0 bridgehead atoms. The zero-order valence-electron chi connectivity index (χ0n) is 9.38. The largest absolute Gasteiger partial charge is 0.342 e. The maximum absolute atomic E-state index is 11.8. The van der Waals surface area contributed by atoms with Gasteiger partial charge in [-0.15, -0.1) is 6.42 Å². The molecule has 1 unspecified atom stereocenters. The number of amides is 1. The van der Waals surface area contributed by atoms with Gasteiger partial charge in [0.2, 0.25) is 5.91 Å². The molecule has 0 aromatic heterocycles. The molecule has 1 saturated heterocycles. The summed E-state index contributed by atoms with van der Waals surface area (Å²) in [6, 6.07) is -0.0931. The summed E-state index contributed by atoms with van der Waals surface area (Å²) in [5.41, 5.74) is 0. The van der Waals surface area contributed by atoms with Crippen LogP contribution in [0.3, 0.4) is 0 Å². The molecule has 1 amide bonds. The standard InChI is InChI=1S/C12H20N2O/c1-3-6-11(4-2)14-12(15)10-7-5-8-13-9-10/h2,10-11,13H,3,5-9H2,1H3,(H,14,15)/t10-,11?/m0/s1. The second-order valence-electron chi connectivity index (χ2n) is 4.06. The molecule has 1 fully saturated rings. The van der Waals surface area contributed by atoms with Gasteiger partial charge in [-0.3, -0.25) is 4.79 Å². The third kappa shape index (κ3) is 3.93. The van der Waals surface area contributed by atoms with Crippen LogP contribution in [0.4, 0.5) is 0 Å². The van der Waals surface area contributed by atoms with Crippen LogP contribution in [0.2, 0.25) is 0 Å². The lowest BCUT2D eigenvalue weighted by atomic mass is 9.98. The third-order valence-corrected chi connectivity index (χ3v) is 2.76. The fourth-order valence-corrected chi connectivity index (χ4v) is 1.85. The molecule has 1 rings (SSSR count). The van der Waals surface area contributed by atoms with E-state index in [2.05, 4.69) is 23.5 Å². The van der Waals surface area contributed by atoms with Gasteiger partial charge in [-0.1, -0.05) is 19.3 Å². The summed E-state index contributed by atoms with van der Waals surface area (Å²) in [6.07, 6.45) is 9.27. The van der Waals surface area contributed by atoms with E-state index in [1.165, 1.54) is 0 Å². The van der Waals surface area contributed by atoms with Crippen LogP contribution < -0.4 is 10.6 Å². The smallest absolute Gasteiger partial charge is 0.225 e. The summed E-state index contributed by atoms with van der Waals surface area (Å²) in [4.78, 5) is 11.8. The van der Waals surface area contributed by atoms with Crippen molar-refractivity contribution in [1.29, 1.82) is 0 Å². The van der Waals surface area contributed by atoms with Crippen LogP contribution in [0.5, 0.6) is 0 Å². The Morgan fingerprint density at radius 2 is 2.53 bits per heavy atom. The van der Waals surface area contributed by atoms with Crippen molar-refractivity contribution in [1.82, 2.24) is 10.6 Å². The molecule has 1 heterocycles. The van der Waals surface area contributed by atoms with Crippen LogP contribution in [0.1, 0.15) is 32.6 Å². The Labute approximate surface area is 92.0 Å². The van der Waals surface area contributed by atoms with E-state index < -0.39 is 0 Å². The molecule has 1 aliphatic heterocycles. The van der Waals surface area contributed by atoms with E-state index in [9.17, 15) is 4.79 Å². The molecule has 2 N–H and O–H groups in total. The molecule has 84 valence electrons. The average molecular weight is 208 g/mol. The second-order valence-corrected chi connectivity index (χ2v) is 4.06. The Kier molecular flexibility index (Phi) is 5.20. The number of carbonyl (C=O) groups excluding carboxylic acids is 1. The minimum absolute atomic E-state index is 0.0931. The lowest BCUT2D eigenvalue weighted by Crippen LogP contribution is -2.44. The number of rotatable bonds is 4. The van der Waals surface area contributed by atoms with Gasteiger partial charge in [0, 0.05) is 6.54 Å². The Balaban J connectivity index is 2.36. The predicted molar refractivity (Wildman–Crippen MR) is 61.3 cm³/mol. The summed E-state index contributed by atoms with van der Waals surface area (Å²) < 4.78 is 0. The third-order valence-electron chi connectivity index (χ3n) is 2.76. The van der Waals surface area contributed by atoms with Gasteiger partial charge in [0.05, 0.1) is 12.0 Å². The van der Waals surface area contributed by atoms with Crippen LogP contribution >= 0.6 is 0 Å². The van der Waals surface area contributed by atoms with Crippen LogP contribution in [0, 0.1) is 18.3 Å². The molecule has 0 radical (unpaired) electrons. The monoisotopic (exact) mass is 208 g/mol. The molecule has 0 spiro atoms. The molecular weight excluding hydrogens is 188 g/mol. The Hall–Kier alpha value is -1.01. The van der Waals surface area contributed by atoms with Crippen LogP contribution in [-0.4, -0.2) is 25.0 Å². The van der Waals surface area contributed by atoms with Crippen molar-refractivity contribution < 1.29 is 4.79 Å². The SMILES string of the molecule is C#CC(CCC)NC(=O)[C@H]1CCCNC1. The van der Waals surface area contributed by atoms with Crippen molar-refractivity contribution in [3.05, 3.63) is 0 Å². The fourth-order valence-electron chi connectivity index (χ4n) is 1.85. The summed E-state index contributed by atoms with van der Waals surface area (Å²) in [5, 5.41) is 6.15. The lowest BCUT2D eigenvalue weighted by Gasteiger charge is -2.23. The first-order valence-corrected chi connectivity index (χ1v) is 5.75. The van der Waals surface area contributed by atoms with E-state index in [0.29, 0.717) is 0 Å². The molecule has 1 aliphatic rings. The van der Waals surface area contributed by atoms with Crippen molar-refractivity contribution in [3.8, 4) is 12.3 Å². The first-order chi connectivity index (χ1) is 7.27. The molecule has 3 nitrogen and oxygen atoms in total. The summed E-state index contributed by atoms with van der Waals surface area (Å²) in [7, 11) is 0. The van der Waals surface area contributed by atoms with Gasteiger partial charge in [-0.2, -0.15) is 0 Å². The number of hydrogen-bond acceptors (Lipinski definition) is 2. The summed E-state index contributed by atoms with van der Waals surface area (Å²) in [6.45, 7) is 3.88. The van der Waals surface area contributed by atoms with E-state index in [1.807, 2.05) is 0 Å². The number of nitrogens with one attached hydrogen (secondary N) is 2. The van der Waals surface area contributed by atoms with Crippen LogP contribution in [-0.2, 0) is 4.79 Å². The van der Waals surface area contributed by atoms with Crippen LogP contribution in [0.25, 0.3) is 0 Å². The zero-order chi connectivity index (χ0) is 11.1. The second kappa shape index (κ2) is 6.47. The van der Waals surface area contributed by atoms with Gasteiger partial charge in [0.1, 0.15) is 0 Å². The Bertz CT molecular complexity index is 238. The summed E-state index contributed by atoms with van der Waals surface area (Å²) >= 11 is 0. The lowest BCUT2D eigenvalue weighted by molar-refractivity contribution is -0.125. The highest BCUT2D eigenvalue weighted by atomic mass is 16.1. The number of carbonyl (C=O) groups is 1. The highest BCUT2D eigenvalue weighted by Gasteiger charge is 2.22. The fraction of sp³-hybridized carbons (Fsp3) is 0.750. The van der Waals surface area contributed by atoms with Gasteiger partial charge in [0.25, 0.3) is 0 Å². The number of piperidine rings is 1. The van der Waals surface area contributed by atoms with Crippen molar-refractivity contribution in [3.63, 3.8) is 0 Å². The number of terminal acetylenes is 1. The van der Waals surface area contributed by atoms with E-state index in [1.54, 1.807) is 0 Å². The van der Waals surface area contributed by atoms with Gasteiger partial charge in [0.15, 0.2) is 0 Å². The molecule has 0 aromatic carbocycles. The predicted octanol–water partition coefficient (Wildman–Crippen LogP) is 0.904. The maximum atomic E-state index is 11.8. The molecule has 15 heavy (non-hydrogen) atoms. The summed E-state index contributed by atoms with van der Waals surface area (Å²) in [5.74, 6) is 2.83. The van der Waals surface area contributed by atoms with Crippen molar-refractivity contribution >= 4 is 5.91 Å². The molecular formula is C12H20N2O. The van der Waals surface area contributed by atoms with Crippen molar-refractivity contribution in [2.24, 2.45) is 5.92 Å². The van der Waals surface area contributed by atoms with Gasteiger partial charge < -0.3 is 10.6 Å². The number of hydrogen-bond donors (Lipinski definition) is 2. The Morgan fingerprint density at radius 3 is 3.07 bits per heavy atom. The Morgan fingerprint density at radius 1 is 1.73 bits per heavy atom. The average Bonchev–Trinajstić information content (AvgIpc) is 2.29. The topological polar surface area (TPSA) is 41.1 Å². The first-order valence-electron chi connectivity index (χ1n) is 5.75. The minimum Gasteiger partial charge on any atom is -0.342 e. The highest BCUT2D eigenvalue weighted by Crippen LogP contribution is 2.10. The molecule has 3 heteroatoms. The minimum atomic E-state index is -0.0931. The molecule has 0 aliphatic carbocycles. The first kappa shape index (κ1) is 12.1. The quantitative estimate of drug-likeness (QED) is 0.674. The molecule has 0 aromatic rings. The van der Waals surface area contributed by atoms with Gasteiger partial charge >= 0.3 is 0 Å². The normalized spacial score (nSPS) is 22.8. The maximum Gasteiger partial charge on any atom is 0.225 e. The zero-order valence-corrected chi connectivity index (χ0v) is 9.38. The van der Waals surface area contributed by atoms with Crippen LogP contribution in [0.15, 0.2) is 0 Å². The molecule has 0 saturated carbocycles. The highest BCUT2D eigenvalue weighted by molar-refractivity contribution is 5.79. The van der Waals surface area contributed by atoms with Gasteiger partial charge in [-0.05, 0) is 25.8 Å². The van der Waals surface area contributed by atoms with Gasteiger partial charge in [-0.25, -0.2) is 0 Å². The van der Waals surface area contributed by atoms with E-state index in [4.69, 9.17) is 6.42 Å².